The molecule has 0 aliphatic carbocycles. The summed E-state index contributed by atoms with van der Waals surface area (Å²) in [6.07, 6.45) is 13.7. The van der Waals surface area contributed by atoms with Crippen LogP contribution < -0.4 is 0 Å². The Kier molecular flexibility index (Phi) is 9.71. The second-order valence-corrected chi connectivity index (χ2v) is 9.38. The summed E-state index contributed by atoms with van der Waals surface area (Å²) in [5.41, 5.74) is 1.80. The van der Waals surface area contributed by atoms with Gasteiger partial charge in [0.05, 0.1) is 5.60 Å². The molecule has 1 N–H and O–H groups in total. The summed E-state index contributed by atoms with van der Waals surface area (Å²) in [7, 11) is 0. The topological polar surface area (TPSA) is 23.5 Å². The van der Waals surface area contributed by atoms with Crippen molar-refractivity contribution < 1.29 is 5.11 Å². The van der Waals surface area contributed by atoms with E-state index in [1.54, 1.807) is 0 Å². The first-order valence-corrected chi connectivity index (χ1v) is 12.3. The molecular weight excluding hydrogens is 390 g/mol. The minimum absolute atomic E-state index is 0.679. The predicted octanol–water partition coefficient (Wildman–Crippen LogP) is 6.99. The average molecular weight is 428 g/mol. The number of piperidine rings is 1. The molecule has 2 aromatic carbocycles. The van der Waals surface area contributed by atoms with Gasteiger partial charge in [-0.3, -0.25) is 0 Å². The number of rotatable bonds is 12. The second kappa shape index (κ2) is 12.5. The fraction of sp³-hybridized carbons (Fsp3) is 0.556. The van der Waals surface area contributed by atoms with E-state index in [0.717, 1.165) is 36.5 Å². The van der Waals surface area contributed by atoms with E-state index in [4.69, 9.17) is 11.6 Å². The predicted molar refractivity (Wildman–Crippen MR) is 128 cm³/mol. The first-order valence-electron chi connectivity index (χ1n) is 11.9. The van der Waals surface area contributed by atoms with E-state index in [2.05, 4.69) is 35.2 Å². The highest BCUT2D eigenvalue weighted by atomic mass is 35.5. The van der Waals surface area contributed by atoms with Gasteiger partial charge in [-0.15, -0.1) is 0 Å². The summed E-state index contributed by atoms with van der Waals surface area (Å²) in [4.78, 5) is 2.52. The summed E-state index contributed by atoms with van der Waals surface area (Å²) in [6, 6.07) is 18.5. The Bertz CT molecular complexity index is 707. The van der Waals surface area contributed by atoms with Gasteiger partial charge in [0.25, 0.3) is 0 Å². The van der Waals surface area contributed by atoms with Crippen LogP contribution in [0.2, 0.25) is 5.02 Å². The minimum atomic E-state index is -0.679. The molecule has 30 heavy (non-hydrogen) atoms. The number of likely N-dealkylation sites (tertiary alicyclic amines) is 1. The Balaban J connectivity index is 1.17. The number of halogens is 1. The normalized spacial score (nSPS) is 16.6. The zero-order valence-electron chi connectivity index (χ0n) is 18.4. The van der Waals surface area contributed by atoms with Crippen molar-refractivity contribution in [1.29, 1.82) is 0 Å². The number of hydrogen-bond donors (Lipinski definition) is 1. The van der Waals surface area contributed by atoms with Crippen LogP contribution in [0, 0.1) is 0 Å². The molecule has 0 atom stereocenters. The molecule has 0 unspecified atom stereocenters. The van der Waals surface area contributed by atoms with Gasteiger partial charge in [0.1, 0.15) is 0 Å². The van der Waals surface area contributed by atoms with Crippen molar-refractivity contribution in [2.24, 2.45) is 0 Å². The lowest BCUT2D eigenvalue weighted by molar-refractivity contribution is -0.0261. The quantitative estimate of drug-likeness (QED) is 0.369. The molecule has 0 saturated carbocycles. The van der Waals surface area contributed by atoms with E-state index in [1.807, 2.05) is 24.3 Å². The maximum absolute atomic E-state index is 11.0. The summed E-state index contributed by atoms with van der Waals surface area (Å²) in [5, 5.41) is 11.7. The summed E-state index contributed by atoms with van der Waals surface area (Å²) in [5.74, 6) is 0. The number of unbranched alkanes of at least 4 members (excludes halogenated alkanes) is 7. The van der Waals surface area contributed by atoms with Crippen LogP contribution in [0.5, 0.6) is 0 Å². The van der Waals surface area contributed by atoms with Crippen molar-refractivity contribution >= 4 is 11.6 Å². The van der Waals surface area contributed by atoms with Gasteiger partial charge in [-0.05, 0) is 61.9 Å². The van der Waals surface area contributed by atoms with E-state index in [9.17, 15) is 5.11 Å². The van der Waals surface area contributed by atoms with Crippen molar-refractivity contribution in [3.8, 4) is 0 Å². The third-order valence-electron chi connectivity index (χ3n) is 6.60. The lowest BCUT2D eigenvalue weighted by Crippen LogP contribution is -2.42. The monoisotopic (exact) mass is 427 g/mol. The number of aryl methyl sites for hydroxylation is 1. The summed E-state index contributed by atoms with van der Waals surface area (Å²) in [6.45, 7) is 3.15. The van der Waals surface area contributed by atoms with Crippen molar-refractivity contribution in [1.82, 2.24) is 4.90 Å². The van der Waals surface area contributed by atoms with E-state index >= 15 is 0 Å². The van der Waals surface area contributed by atoms with Gasteiger partial charge in [-0.25, -0.2) is 0 Å². The Hall–Kier alpha value is -1.35. The van der Waals surface area contributed by atoms with Crippen LogP contribution in [0.25, 0.3) is 0 Å². The van der Waals surface area contributed by atoms with Crippen LogP contribution >= 0.6 is 11.6 Å². The zero-order valence-corrected chi connectivity index (χ0v) is 19.1. The van der Waals surface area contributed by atoms with Gasteiger partial charge >= 0.3 is 0 Å². The van der Waals surface area contributed by atoms with Gasteiger partial charge in [-0.1, -0.05) is 92.6 Å². The summed E-state index contributed by atoms with van der Waals surface area (Å²) >= 11 is 5.98. The van der Waals surface area contributed by atoms with Crippen LogP contribution in [-0.4, -0.2) is 29.6 Å². The highest BCUT2D eigenvalue weighted by Crippen LogP contribution is 2.33. The number of nitrogens with zero attached hydrogens (tertiary/aromatic N) is 1. The van der Waals surface area contributed by atoms with Crippen molar-refractivity contribution in [2.45, 2.75) is 76.2 Å². The van der Waals surface area contributed by atoms with E-state index < -0.39 is 5.60 Å². The largest absolute Gasteiger partial charge is 0.385 e. The summed E-state index contributed by atoms with van der Waals surface area (Å²) < 4.78 is 0. The molecule has 0 amide bonds. The molecule has 0 aromatic heterocycles. The maximum atomic E-state index is 11.0. The molecule has 2 aromatic rings. The SMILES string of the molecule is OC1(c2ccc(Cl)cc2)CCN(CCCCCCCCCCc2ccccc2)CC1. The van der Waals surface area contributed by atoms with Crippen molar-refractivity contribution in [3.05, 3.63) is 70.7 Å². The van der Waals surface area contributed by atoms with Crippen molar-refractivity contribution in [3.63, 3.8) is 0 Å². The van der Waals surface area contributed by atoms with Gasteiger partial charge < -0.3 is 10.0 Å². The molecule has 164 valence electrons. The average Bonchev–Trinajstić information content (AvgIpc) is 2.77. The van der Waals surface area contributed by atoms with Gasteiger partial charge in [0.15, 0.2) is 0 Å². The third kappa shape index (κ3) is 7.72. The molecule has 1 fully saturated rings. The number of hydrogen-bond acceptors (Lipinski definition) is 2. The highest BCUT2D eigenvalue weighted by Gasteiger charge is 2.33. The van der Waals surface area contributed by atoms with Gasteiger partial charge in [0.2, 0.25) is 0 Å². The Labute approximate surface area is 188 Å². The standard InChI is InChI=1S/C27H38ClNO/c28-26-17-15-25(16-18-26)27(30)19-22-29(23-20-27)21-11-6-4-2-1-3-5-8-12-24-13-9-7-10-14-24/h7,9-10,13-18,30H,1-6,8,11-12,19-23H2. The molecule has 1 aliphatic rings. The first kappa shape index (κ1) is 23.3. The van der Waals surface area contributed by atoms with Gasteiger partial charge in [-0.2, -0.15) is 0 Å². The Morgan fingerprint density at radius 1 is 0.733 bits per heavy atom. The fourth-order valence-corrected chi connectivity index (χ4v) is 4.69. The first-order chi connectivity index (χ1) is 14.7. The van der Waals surface area contributed by atoms with Crippen LogP contribution in [0.15, 0.2) is 54.6 Å². The van der Waals surface area contributed by atoms with Crippen LogP contribution in [0.1, 0.15) is 75.3 Å². The fourth-order valence-electron chi connectivity index (χ4n) is 4.57. The lowest BCUT2D eigenvalue weighted by Gasteiger charge is -2.38. The number of aliphatic hydroxyl groups is 1. The third-order valence-corrected chi connectivity index (χ3v) is 6.85. The van der Waals surface area contributed by atoms with Crippen molar-refractivity contribution in [2.75, 3.05) is 19.6 Å². The molecule has 0 spiro atoms. The maximum Gasteiger partial charge on any atom is 0.0920 e. The molecule has 3 heteroatoms. The lowest BCUT2D eigenvalue weighted by atomic mass is 9.84. The van der Waals surface area contributed by atoms with Crippen LogP contribution in [0.4, 0.5) is 0 Å². The highest BCUT2D eigenvalue weighted by molar-refractivity contribution is 6.30. The molecule has 3 rings (SSSR count). The number of benzene rings is 2. The molecule has 0 bridgehead atoms. The van der Waals surface area contributed by atoms with E-state index in [0.29, 0.717) is 0 Å². The smallest absolute Gasteiger partial charge is 0.0920 e. The van der Waals surface area contributed by atoms with Gasteiger partial charge in [0, 0.05) is 18.1 Å². The van der Waals surface area contributed by atoms with E-state index in [1.165, 1.54) is 69.9 Å². The minimum Gasteiger partial charge on any atom is -0.385 e. The van der Waals surface area contributed by atoms with E-state index in [-0.39, 0.29) is 0 Å². The molecule has 1 aliphatic heterocycles. The Morgan fingerprint density at radius 2 is 1.30 bits per heavy atom. The molecular formula is C27H38ClNO. The molecule has 0 radical (unpaired) electrons. The molecule has 2 nitrogen and oxygen atoms in total. The molecule has 1 saturated heterocycles. The second-order valence-electron chi connectivity index (χ2n) is 8.94. The van der Waals surface area contributed by atoms with Crippen LogP contribution in [0.3, 0.4) is 0 Å². The Morgan fingerprint density at radius 3 is 1.93 bits per heavy atom. The molecule has 1 heterocycles. The van der Waals surface area contributed by atoms with Crippen LogP contribution in [-0.2, 0) is 12.0 Å². The zero-order chi connectivity index (χ0) is 21.1.